The van der Waals surface area contributed by atoms with Crippen LogP contribution in [-0.4, -0.2) is 131 Å². The maximum absolute atomic E-state index is 11.6. The molecule has 0 saturated heterocycles. The molecule has 12 nitrogen and oxygen atoms in total. The molecule has 0 rings (SSSR count). The van der Waals surface area contributed by atoms with Crippen LogP contribution < -0.4 is 0 Å². The van der Waals surface area contributed by atoms with E-state index in [4.69, 9.17) is 47.4 Å². The van der Waals surface area contributed by atoms with Gasteiger partial charge in [-0.1, -0.05) is 39.2 Å². The van der Waals surface area contributed by atoms with Gasteiger partial charge >= 0.3 is 11.9 Å². The summed E-state index contributed by atoms with van der Waals surface area (Å²) < 4.78 is 53.1. The zero-order valence-electron chi connectivity index (χ0n) is 25.2. The van der Waals surface area contributed by atoms with Crippen LogP contribution in [0.3, 0.4) is 0 Å². The molecule has 0 bridgehead atoms. The lowest BCUT2D eigenvalue weighted by molar-refractivity contribution is -0.145. The number of esters is 2. The molecule has 0 heterocycles. The minimum atomic E-state index is -0.460. The lowest BCUT2D eigenvalue weighted by Gasteiger charge is -2.09. The molecule has 0 amide bonds. The van der Waals surface area contributed by atoms with Crippen LogP contribution >= 0.6 is 0 Å². The Labute approximate surface area is 246 Å². The molecule has 242 valence electrons. The fourth-order valence-corrected chi connectivity index (χ4v) is 3.06. The van der Waals surface area contributed by atoms with Crippen molar-refractivity contribution < 1.29 is 57.0 Å². The van der Waals surface area contributed by atoms with E-state index in [0.717, 1.165) is 18.9 Å². The van der Waals surface area contributed by atoms with Crippen LogP contribution in [0.5, 0.6) is 0 Å². The lowest BCUT2D eigenvalue weighted by Crippen LogP contribution is -2.15. The van der Waals surface area contributed by atoms with Crippen LogP contribution in [0, 0.1) is 0 Å². The highest BCUT2D eigenvalue weighted by Crippen LogP contribution is 2.05. The first-order valence-electron chi connectivity index (χ1n) is 14.8. The van der Waals surface area contributed by atoms with Crippen molar-refractivity contribution in [3.63, 3.8) is 0 Å². The van der Waals surface area contributed by atoms with E-state index < -0.39 is 5.97 Å². The fourth-order valence-electron chi connectivity index (χ4n) is 3.06. The molecule has 0 aromatic carbocycles. The number of unbranched alkanes of at least 4 members (excludes halogenated alkanes) is 4. The minimum absolute atomic E-state index is 0.151. The largest absolute Gasteiger partial charge is 0.463 e. The molecular weight excluding hydrogens is 540 g/mol. The monoisotopic (exact) mass is 594 g/mol. The first kappa shape index (κ1) is 39.4. The van der Waals surface area contributed by atoms with Gasteiger partial charge in [-0.25, -0.2) is 4.79 Å². The smallest absolute Gasteiger partial charge is 0.330 e. The van der Waals surface area contributed by atoms with Crippen molar-refractivity contribution in [1.29, 1.82) is 0 Å². The Bertz CT molecular complexity index is 576. The Morgan fingerprint density at radius 2 is 0.780 bits per heavy atom. The Morgan fingerprint density at radius 1 is 0.463 bits per heavy atom. The summed E-state index contributed by atoms with van der Waals surface area (Å²) in [7, 11) is 0. The first-order chi connectivity index (χ1) is 20.2. The van der Waals surface area contributed by atoms with Gasteiger partial charge in [0.2, 0.25) is 0 Å². The van der Waals surface area contributed by atoms with Crippen molar-refractivity contribution in [1.82, 2.24) is 0 Å². The van der Waals surface area contributed by atoms with Gasteiger partial charge in [-0.15, -0.1) is 0 Å². The molecule has 0 aromatic heterocycles. The van der Waals surface area contributed by atoms with Gasteiger partial charge < -0.3 is 47.4 Å². The summed E-state index contributed by atoms with van der Waals surface area (Å²) >= 11 is 0. The Morgan fingerprint density at radius 3 is 1.12 bits per heavy atom. The predicted molar refractivity (Wildman–Crippen MR) is 152 cm³/mol. The van der Waals surface area contributed by atoms with Gasteiger partial charge in [0.15, 0.2) is 0 Å². The van der Waals surface area contributed by atoms with Crippen molar-refractivity contribution in [2.75, 3.05) is 119 Å². The van der Waals surface area contributed by atoms with Crippen LogP contribution in [0.1, 0.15) is 45.4 Å². The second-order valence-corrected chi connectivity index (χ2v) is 8.66. The molecule has 0 aliphatic rings. The highest BCUT2D eigenvalue weighted by atomic mass is 16.6. The number of carbonyl (C=O) groups is 2. The number of hydrogen-bond donors (Lipinski definition) is 0. The minimum Gasteiger partial charge on any atom is -0.463 e. The van der Waals surface area contributed by atoms with E-state index in [0.29, 0.717) is 112 Å². The van der Waals surface area contributed by atoms with Gasteiger partial charge in [0.05, 0.1) is 106 Å². The fraction of sp³-hybridized carbons (Fsp3) is 0.862. The lowest BCUT2D eigenvalue weighted by atomic mass is 10.1. The van der Waals surface area contributed by atoms with Gasteiger partial charge in [-0.2, -0.15) is 0 Å². The Kier molecular flexibility index (Phi) is 33.2. The number of rotatable bonds is 34. The topological polar surface area (TPSA) is 126 Å². The van der Waals surface area contributed by atoms with Crippen molar-refractivity contribution >= 4 is 11.9 Å². The maximum Gasteiger partial charge on any atom is 0.330 e. The molecule has 0 spiro atoms. The van der Waals surface area contributed by atoms with Crippen LogP contribution in [0.25, 0.3) is 0 Å². The molecule has 0 aromatic rings. The Hall–Kier alpha value is -1.64. The van der Waals surface area contributed by atoms with Crippen LogP contribution in [-0.2, 0) is 57.0 Å². The van der Waals surface area contributed by atoms with E-state index in [9.17, 15) is 9.59 Å². The molecule has 41 heavy (non-hydrogen) atoms. The molecule has 0 saturated carbocycles. The van der Waals surface area contributed by atoms with Crippen LogP contribution in [0.4, 0.5) is 0 Å². The van der Waals surface area contributed by atoms with Crippen molar-refractivity contribution in [3.8, 4) is 0 Å². The van der Waals surface area contributed by atoms with Crippen LogP contribution in [0.2, 0.25) is 0 Å². The molecule has 0 radical (unpaired) electrons. The zero-order chi connectivity index (χ0) is 29.9. The van der Waals surface area contributed by atoms with Crippen molar-refractivity contribution in [2.24, 2.45) is 0 Å². The molecular formula is C29H54O12. The van der Waals surface area contributed by atoms with Gasteiger partial charge in [0, 0.05) is 12.5 Å². The summed E-state index contributed by atoms with van der Waals surface area (Å²) in [4.78, 5) is 22.4. The van der Waals surface area contributed by atoms with E-state index in [1.807, 2.05) is 0 Å². The van der Waals surface area contributed by atoms with Gasteiger partial charge in [-0.05, 0) is 6.42 Å². The first-order valence-corrected chi connectivity index (χ1v) is 14.8. The summed E-state index contributed by atoms with van der Waals surface area (Å²) in [5, 5.41) is 0. The zero-order valence-corrected chi connectivity index (χ0v) is 25.2. The summed E-state index contributed by atoms with van der Waals surface area (Å²) in [5.41, 5.74) is 0. The normalized spacial score (nSPS) is 11.0. The second-order valence-electron chi connectivity index (χ2n) is 8.66. The highest BCUT2D eigenvalue weighted by Gasteiger charge is 2.02. The van der Waals surface area contributed by atoms with Crippen molar-refractivity contribution in [3.05, 3.63) is 12.7 Å². The van der Waals surface area contributed by atoms with E-state index in [-0.39, 0.29) is 19.2 Å². The highest BCUT2D eigenvalue weighted by molar-refractivity contribution is 5.81. The van der Waals surface area contributed by atoms with Gasteiger partial charge in [-0.3, -0.25) is 4.79 Å². The molecule has 0 aliphatic heterocycles. The molecule has 0 aliphatic carbocycles. The van der Waals surface area contributed by atoms with Crippen LogP contribution in [0.15, 0.2) is 12.7 Å². The number of carbonyl (C=O) groups excluding carboxylic acids is 2. The Balaban J connectivity index is 3.10. The molecule has 0 atom stereocenters. The molecule has 0 fully saturated rings. The van der Waals surface area contributed by atoms with E-state index >= 15 is 0 Å². The van der Waals surface area contributed by atoms with Crippen molar-refractivity contribution in [2.45, 2.75) is 45.4 Å². The number of ether oxygens (including phenoxy) is 10. The number of hydrogen-bond acceptors (Lipinski definition) is 12. The summed E-state index contributed by atoms with van der Waals surface area (Å²) in [6, 6.07) is 0. The molecule has 12 heteroatoms. The van der Waals surface area contributed by atoms with E-state index in [1.54, 1.807) is 0 Å². The molecule has 0 N–H and O–H groups in total. The second kappa shape index (κ2) is 34.6. The maximum atomic E-state index is 11.6. The third-order valence-corrected chi connectivity index (χ3v) is 5.22. The SMILES string of the molecule is C=CC(=O)OCCOCCOCCOCCOCCOCCOCCOCCOCCOC(=O)CCCCCCC. The summed E-state index contributed by atoms with van der Waals surface area (Å²) in [5.74, 6) is -0.611. The van der Waals surface area contributed by atoms with Gasteiger partial charge in [0.25, 0.3) is 0 Å². The molecule has 0 unspecified atom stereocenters. The summed E-state index contributed by atoms with van der Waals surface area (Å²) in [6.45, 7) is 13.3. The third-order valence-electron chi connectivity index (χ3n) is 5.22. The predicted octanol–water partition coefficient (Wildman–Crippen LogP) is 2.75. The average molecular weight is 595 g/mol. The van der Waals surface area contributed by atoms with E-state index in [2.05, 4.69) is 13.5 Å². The third kappa shape index (κ3) is 34.5. The quantitative estimate of drug-likeness (QED) is 0.0618. The average Bonchev–Trinajstić information content (AvgIpc) is 2.98. The summed E-state index contributed by atoms with van der Waals surface area (Å²) in [6.07, 6.45) is 7.17. The van der Waals surface area contributed by atoms with Gasteiger partial charge in [0.1, 0.15) is 13.2 Å². The standard InChI is InChI=1S/C29H54O12/c1-3-5-6-7-8-9-29(31)41-27-25-39-23-21-37-19-17-35-15-13-33-11-10-32-12-14-34-16-18-36-20-22-38-24-26-40-28(30)4-2/h4H,2-3,5-27H2,1H3. The van der Waals surface area contributed by atoms with E-state index in [1.165, 1.54) is 19.3 Å².